The van der Waals surface area contributed by atoms with Gasteiger partial charge in [-0.1, -0.05) is 0 Å². The molecule has 33 heavy (non-hydrogen) atoms. The Morgan fingerprint density at radius 1 is 0.879 bits per heavy atom. The van der Waals surface area contributed by atoms with Crippen LogP contribution >= 0.6 is 0 Å². The van der Waals surface area contributed by atoms with Crippen LogP contribution in [-0.4, -0.2) is 53.5 Å². The van der Waals surface area contributed by atoms with Gasteiger partial charge in [0.1, 0.15) is 6.10 Å². The van der Waals surface area contributed by atoms with Crippen LogP contribution in [0.2, 0.25) is 0 Å². The molecule has 2 aromatic rings. The van der Waals surface area contributed by atoms with Crippen molar-refractivity contribution in [2.24, 2.45) is 0 Å². The molecule has 1 aliphatic rings. The predicted molar refractivity (Wildman–Crippen MR) is 111 cm³/mol. The zero-order valence-electron chi connectivity index (χ0n) is 17.6. The number of nitrogens with zero attached hydrogens (tertiary/aromatic N) is 2. The number of nitro benzene ring substituents is 2. The molecule has 1 saturated heterocycles. The first kappa shape index (κ1) is 23.8. The summed E-state index contributed by atoms with van der Waals surface area (Å²) >= 11 is 0. The van der Waals surface area contributed by atoms with E-state index in [1.807, 2.05) is 0 Å². The fourth-order valence-electron chi connectivity index (χ4n) is 3.27. The minimum Gasteiger partial charge on any atom is -0.455 e. The lowest BCUT2D eigenvalue weighted by atomic mass is 10.0. The molecule has 3 rings (SSSR count). The number of hydrogen-bond donors (Lipinski definition) is 0. The van der Waals surface area contributed by atoms with Gasteiger partial charge < -0.3 is 18.9 Å². The summed E-state index contributed by atoms with van der Waals surface area (Å²) < 4.78 is 21.9. The van der Waals surface area contributed by atoms with E-state index in [0.29, 0.717) is 0 Å². The third-order valence-electron chi connectivity index (χ3n) is 5.01. The quantitative estimate of drug-likeness (QED) is 0.341. The summed E-state index contributed by atoms with van der Waals surface area (Å²) in [7, 11) is 1.41. The molecular weight excluding hydrogens is 440 g/mol. The van der Waals surface area contributed by atoms with Crippen molar-refractivity contribution in [3.8, 4) is 0 Å². The minimum absolute atomic E-state index is 0.0672. The van der Waals surface area contributed by atoms with Crippen LogP contribution in [0.5, 0.6) is 0 Å². The Kier molecular flexibility index (Phi) is 7.30. The zero-order chi connectivity index (χ0) is 24.1. The molecule has 0 radical (unpaired) electrons. The Labute approximate surface area is 187 Å². The SMILES string of the molecule is CO[C@H]1C[C@@H](OC(=O)c2ccc([N+](=O)[O-])cc2)[C@H](OC(=O)c2ccc([N+](=O)[O-])cc2)[C@@H](C)O1. The van der Waals surface area contributed by atoms with E-state index in [1.54, 1.807) is 6.92 Å². The molecule has 0 saturated carbocycles. The van der Waals surface area contributed by atoms with Gasteiger partial charge in [-0.2, -0.15) is 0 Å². The number of methoxy groups -OCH3 is 1. The molecule has 0 unspecified atom stereocenters. The highest BCUT2D eigenvalue weighted by molar-refractivity contribution is 5.90. The van der Waals surface area contributed by atoms with Crippen LogP contribution in [0.1, 0.15) is 34.1 Å². The molecule has 2 aromatic carbocycles. The normalized spacial score (nSPS) is 22.2. The molecule has 12 nitrogen and oxygen atoms in total. The Morgan fingerprint density at radius 3 is 1.76 bits per heavy atom. The molecule has 0 N–H and O–H groups in total. The van der Waals surface area contributed by atoms with Crippen molar-refractivity contribution in [3.05, 3.63) is 79.9 Å². The minimum atomic E-state index is -0.999. The number of carbonyl (C=O) groups is 2. The average molecular weight is 460 g/mol. The van der Waals surface area contributed by atoms with E-state index < -0.39 is 46.4 Å². The van der Waals surface area contributed by atoms with E-state index in [2.05, 4.69) is 0 Å². The number of carbonyl (C=O) groups excluding carboxylic acids is 2. The third-order valence-corrected chi connectivity index (χ3v) is 5.01. The van der Waals surface area contributed by atoms with E-state index in [0.717, 1.165) is 0 Å². The second-order valence-electron chi connectivity index (χ2n) is 7.16. The number of rotatable bonds is 7. The molecule has 0 bridgehead atoms. The Hall–Kier alpha value is -3.90. The maximum atomic E-state index is 12.6. The van der Waals surface area contributed by atoms with Gasteiger partial charge in [0.05, 0.1) is 27.1 Å². The van der Waals surface area contributed by atoms with Gasteiger partial charge in [0, 0.05) is 37.8 Å². The first-order valence-electron chi connectivity index (χ1n) is 9.78. The maximum absolute atomic E-state index is 12.6. The molecule has 1 aliphatic heterocycles. The fraction of sp³-hybridized carbons (Fsp3) is 0.333. The summed E-state index contributed by atoms with van der Waals surface area (Å²) in [5, 5.41) is 21.6. The van der Waals surface area contributed by atoms with Crippen molar-refractivity contribution in [3.63, 3.8) is 0 Å². The molecule has 1 fully saturated rings. The summed E-state index contributed by atoms with van der Waals surface area (Å²) in [5.41, 5.74) is -0.212. The Bertz CT molecular complexity index is 1040. The average Bonchev–Trinajstić information content (AvgIpc) is 2.80. The lowest BCUT2D eigenvalue weighted by molar-refractivity contribution is -0.385. The number of esters is 2. The van der Waals surface area contributed by atoms with Gasteiger partial charge in [-0.25, -0.2) is 9.59 Å². The molecule has 0 amide bonds. The van der Waals surface area contributed by atoms with Crippen molar-refractivity contribution < 1.29 is 38.4 Å². The van der Waals surface area contributed by atoms with Crippen LogP contribution in [0.25, 0.3) is 0 Å². The van der Waals surface area contributed by atoms with Gasteiger partial charge in [0.15, 0.2) is 12.4 Å². The molecule has 0 spiro atoms. The summed E-state index contributed by atoms with van der Waals surface area (Å²) in [5.74, 6) is -1.55. The predicted octanol–water partition coefficient (Wildman–Crippen LogP) is 3.04. The van der Waals surface area contributed by atoms with Crippen molar-refractivity contribution in [1.82, 2.24) is 0 Å². The zero-order valence-corrected chi connectivity index (χ0v) is 17.6. The highest BCUT2D eigenvalue weighted by atomic mass is 16.7. The summed E-state index contributed by atoms with van der Waals surface area (Å²) in [6, 6.07) is 9.72. The van der Waals surface area contributed by atoms with E-state index in [9.17, 15) is 29.8 Å². The first-order valence-corrected chi connectivity index (χ1v) is 9.78. The van der Waals surface area contributed by atoms with E-state index in [1.165, 1.54) is 55.6 Å². The van der Waals surface area contributed by atoms with Crippen molar-refractivity contribution >= 4 is 23.3 Å². The van der Waals surface area contributed by atoms with E-state index in [4.69, 9.17) is 18.9 Å². The summed E-state index contributed by atoms with van der Waals surface area (Å²) in [4.78, 5) is 45.6. The van der Waals surface area contributed by atoms with Gasteiger partial charge in [-0.05, 0) is 31.2 Å². The summed E-state index contributed by atoms with van der Waals surface area (Å²) in [6.45, 7) is 1.62. The van der Waals surface area contributed by atoms with Crippen LogP contribution in [0, 0.1) is 20.2 Å². The molecular formula is C21H20N2O10. The monoisotopic (exact) mass is 460 g/mol. The van der Waals surface area contributed by atoms with Gasteiger partial charge in [0.2, 0.25) is 0 Å². The van der Waals surface area contributed by atoms with Gasteiger partial charge >= 0.3 is 11.9 Å². The largest absolute Gasteiger partial charge is 0.455 e. The summed E-state index contributed by atoms with van der Waals surface area (Å²) in [6.07, 6.45) is -3.30. The van der Waals surface area contributed by atoms with Crippen LogP contribution < -0.4 is 0 Å². The lowest BCUT2D eigenvalue weighted by Crippen LogP contribution is -2.51. The van der Waals surface area contributed by atoms with Gasteiger partial charge in [-0.15, -0.1) is 0 Å². The highest BCUT2D eigenvalue weighted by Crippen LogP contribution is 2.28. The molecule has 4 atom stereocenters. The van der Waals surface area contributed by atoms with Crippen LogP contribution in [0.4, 0.5) is 11.4 Å². The topological polar surface area (TPSA) is 157 Å². The molecule has 1 heterocycles. The van der Waals surface area contributed by atoms with E-state index in [-0.39, 0.29) is 28.9 Å². The van der Waals surface area contributed by atoms with Crippen LogP contribution in [-0.2, 0) is 18.9 Å². The molecule has 0 aromatic heterocycles. The second-order valence-corrected chi connectivity index (χ2v) is 7.16. The van der Waals surface area contributed by atoms with Gasteiger partial charge in [-0.3, -0.25) is 20.2 Å². The van der Waals surface area contributed by atoms with Crippen LogP contribution in [0.3, 0.4) is 0 Å². The second kappa shape index (κ2) is 10.1. The first-order chi connectivity index (χ1) is 15.7. The smallest absolute Gasteiger partial charge is 0.338 e. The third kappa shape index (κ3) is 5.67. The number of non-ortho nitro benzene ring substituents is 2. The van der Waals surface area contributed by atoms with Crippen LogP contribution in [0.15, 0.2) is 48.5 Å². The maximum Gasteiger partial charge on any atom is 0.338 e. The van der Waals surface area contributed by atoms with Crippen molar-refractivity contribution in [2.45, 2.75) is 37.9 Å². The highest BCUT2D eigenvalue weighted by Gasteiger charge is 2.42. The van der Waals surface area contributed by atoms with Gasteiger partial charge in [0.25, 0.3) is 11.4 Å². The Balaban J connectivity index is 1.76. The number of ether oxygens (including phenoxy) is 4. The number of nitro groups is 2. The molecule has 174 valence electrons. The fourth-order valence-corrected chi connectivity index (χ4v) is 3.27. The van der Waals surface area contributed by atoms with E-state index >= 15 is 0 Å². The number of benzene rings is 2. The lowest BCUT2D eigenvalue weighted by Gasteiger charge is -2.38. The molecule has 12 heteroatoms. The Morgan fingerprint density at radius 2 is 1.33 bits per heavy atom. The molecule has 0 aliphatic carbocycles. The number of hydrogen-bond acceptors (Lipinski definition) is 10. The van der Waals surface area contributed by atoms with Crippen molar-refractivity contribution in [1.29, 1.82) is 0 Å². The van der Waals surface area contributed by atoms with Crippen molar-refractivity contribution in [2.75, 3.05) is 7.11 Å². The standard InChI is InChI=1S/C21H20N2O10/c1-12-19(33-21(25)14-5-9-16(10-6-14)23(28)29)17(11-18(30-2)31-12)32-20(24)13-3-7-15(8-4-13)22(26)27/h3-10,12,17-19H,11H2,1-2H3/t12-,17-,18-,19-/m1/s1.